The van der Waals surface area contributed by atoms with Crippen molar-refractivity contribution >= 4 is 17.6 Å². The van der Waals surface area contributed by atoms with E-state index in [2.05, 4.69) is 4.98 Å². The molecule has 0 aliphatic heterocycles. The number of oxazole rings is 1. The molecule has 13 heavy (non-hydrogen) atoms. The van der Waals surface area contributed by atoms with E-state index in [-0.39, 0.29) is 11.6 Å². The van der Waals surface area contributed by atoms with Crippen molar-refractivity contribution in [3.8, 4) is 0 Å². The molecular weight excluding hydrogens is 194 g/mol. The zero-order valence-corrected chi connectivity index (χ0v) is 8.22. The van der Waals surface area contributed by atoms with Gasteiger partial charge in [-0.25, -0.2) is 9.78 Å². The number of halogens is 1. The second-order valence-electron chi connectivity index (χ2n) is 2.37. The fraction of sp³-hybridized carbons (Fsp3) is 0.500. The van der Waals surface area contributed by atoms with Crippen molar-refractivity contribution in [3.63, 3.8) is 0 Å². The van der Waals surface area contributed by atoms with Gasteiger partial charge in [-0.2, -0.15) is 0 Å². The first-order chi connectivity index (χ1) is 6.19. The number of hydrogen-bond donors (Lipinski definition) is 0. The Morgan fingerprint density at radius 3 is 2.85 bits per heavy atom. The van der Waals surface area contributed by atoms with Gasteiger partial charge in [0.15, 0.2) is 5.69 Å². The van der Waals surface area contributed by atoms with E-state index >= 15 is 0 Å². The molecule has 0 N–H and O–H groups in total. The fourth-order valence-electron chi connectivity index (χ4n) is 0.897. The van der Waals surface area contributed by atoms with Gasteiger partial charge in [0.25, 0.3) is 0 Å². The summed E-state index contributed by atoms with van der Waals surface area (Å²) >= 11 is 5.49. The molecule has 0 amide bonds. The average molecular weight is 204 g/mol. The van der Waals surface area contributed by atoms with Crippen LogP contribution in [0.2, 0.25) is 0 Å². The Bertz CT molecular complexity index is 308. The number of nitrogens with zero attached hydrogens (tertiary/aromatic N) is 1. The van der Waals surface area contributed by atoms with Crippen LogP contribution in [0, 0.1) is 6.92 Å². The molecule has 1 aromatic rings. The highest BCUT2D eigenvalue weighted by atomic mass is 35.5. The summed E-state index contributed by atoms with van der Waals surface area (Å²) in [6.45, 7) is 3.70. The summed E-state index contributed by atoms with van der Waals surface area (Å²) in [5, 5.41) is 0. The molecule has 0 saturated carbocycles. The normalized spacial score (nSPS) is 10.1. The highest BCUT2D eigenvalue weighted by Crippen LogP contribution is 2.12. The molecule has 0 radical (unpaired) electrons. The van der Waals surface area contributed by atoms with Gasteiger partial charge in [0, 0.05) is 0 Å². The first kappa shape index (κ1) is 10.1. The molecule has 0 atom stereocenters. The van der Waals surface area contributed by atoms with E-state index in [0.717, 1.165) is 0 Å². The Morgan fingerprint density at radius 2 is 2.38 bits per heavy atom. The molecule has 0 fully saturated rings. The summed E-state index contributed by atoms with van der Waals surface area (Å²) in [4.78, 5) is 15.1. The molecule has 0 aliphatic carbocycles. The van der Waals surface area contributed by atoms with Crippen LogP contribution in [-0.4, -0.2) is 17.6 Å². The fourth-order valence-corrected chi connectivity index (χ4v) is 1.01. The van der Waals surface area contributed by atoms with Gasteiger partial charge in [-0.15, -0.1) is 11.6 Å². The van der Waals surface area contributed by atoms with E-state index in [9.17, 15) is 4.79 Å². The lowest BCUT2D eigenvalue weighted by Crippen LogP contribution is -2.06. The molecule has 72 valence electrons. The maximum atomic E-state index is 11.2. The average Bonchev–Trinajstić information content (AvgIpc) is 2.47. The van der Waals surface area contributed by atoms with Gasteiger partial charge < -0.3 is 9.15 Å². The molecule has 0 saturated heterocycles. The van der Waals surface area contributed by atoms with E-state index < -0.39 is 5.97 Å². The van der Waals surface area contributed by atoms with Gasteiger partial charge in [0.2, 0.25) is 5.89 Å². The predicted octanol–water partition coefficient (Wildman–Crippen LogP) is 1.90. The summed E-state index contributed by atoms with van der Waals surface area (Å²) in [5.41, 5.74) is 0.206. The molecule has 0 aliphatic rings. The third-order valence-corrected chi connectivity index (χ3v) is 1.65. The van der Waals surface area contributed by atoms with Crippen molar-refractivity contribution in [1.29, 1.82) is 0 Å². The highest BCUT2D eigenvalue weighted by Gasteiger charge is 2.17. The molecule has 4 nitrogen and oxygen atoms in total. The Labute approximate surface area is 80.8 Å². The smallest absolute Gasteiger partial charge is 0.360 e. The molecule has 5 heteroatoms. The van der Waals surface area contributed by atoms with E-state index in [4.69, 9.17) is 20.8 Å². The lowest BCUT2D eigenvalue weighted by molar-refractivity contribution is 0.0518. The summed E-state index contributed by atoms with van der Waals surface area (Å²) < 4.78 is 9.85. The summed E-state index contributed by atoms with van der Waals surface area (Å²) in [5.74, 6) is 0.455. The number of hydrogen-bond acceptors (Lipinski definition) is 4. The second-order valence-corrected chi connectivity index (χ2v) is 2.63. The van der Waals surface area contributed by atoms with Crippen LogP contribution in [0.1, 0.15) is 29.1 Å². The van der Waals surface area contributed by atoms with Crippen molar-refractivity contribution in [2.45, 2.75) is 19.7 Å². The van der Waals surface area contributed by atoms with Gasteiger partial charge in [-0.05, 0) is 13.8 Å². The monoisotopic (exact) mass is 203 g/mol. The zero-order valence-electron chi connectivity index (χ0n) is 7.46. The van der Waals surface area contributed by atoms with Crippen LogP contribution in [0.5, 0.6) is 0 Å². The van der Waals surface area contributed by atoms with Crippen LogP contribution in [0.15, 0.2) is 4.42 Å². The van der Waals surface area contributed by atoms with E-state index in [0.29, 0.717) is 18.3 Å². The number of aryl methyl sites for hydroxylation is 1. The summed E-state index contributed by atoms with van der Waals surface area (Å²) in [6, 6.07) is 0. The first-order valence-electron chi connectivity index (χ1n) is 3.88. The summed E-state index contributed by atoms with van der Waals surface area (Å²) in [7, 11) is 0. The Balaban J connectivity index is 2.87. The third-order valence-electron chi connectivity index (χ3n) is 1.42. The van der Waals surface area contributed by atoms with E-state index in [1.54, 1.807) is 13.8 Å². The minimum Gasteiger partial charge on any atom is -0.461 e. The lowest BCUT2D eigenvalue weighted by atomic mass is 10.4. The largest absolute Gasteiger partial charge is 0.461 e. The van der Waals surface area contributed by atoms with Crippen LogP contribution in [-0.2, 0) is 10.6 Å². The SMILES string of the molecule is CCOC(=O)c1nc(CCl)oc1C. The third kappa shape index (κ3) is 2.21. The summed E-state index contributed by atoms with van der Waals surface area (Å²) in [6.07, 6.45) is 0. The van der Waals surface area contributed by atoms with Gasteiger partial charge in [-0.3, -0.25) is 0 Å². The van der Waals surface area contributed by atoms with Crippen LogP contribution >= 0.6 is 11.6 Å². The number of esters is 1. The molecule has 0 spiro atoms. The van der Waals surface area contributed by atoms with E-state index in [1.165, 1.54) is 0 Å². The van der Waals surface area contributed by atoms with Crippen LogP contribution in [0.25, 0.3) is 0 Å². The van der Waals surface area contributed by atoms with Crippen molar-refractivity contribution in [1.82, 2.24) is 4.98 Å². The van der Waals surface area contributed by atoms with Crippen LogP contribution < -0.4 is 0 Å². The predicted molar refractivity (Wildman–Crippen MR) is 46.8 cm³/mol. The topological polar surface area (TPSA) is 52.3 Å². The molecular formula is C8H10ClNO3. The molecule has 1 heterocycles. The van der Waals surface area contributed by atoms with Gasteiger partial charge in [-0.1, -0.05) is 0 Å². The lowest BCUT2D eigenvalue weighted by Gasteiger charge is -1.96. The Morgan fingerprint density at radius 1 is 1.69 bits per heavy atom. The molecule has 0 aromatic carbocycles. The van der Waals surface area contributed by atoms with Crippen molar-refractivity contribution < 1.29 is 13.9 Å². The number of rotatable bonds is 3. The number of carbonyl (C=O) groups excluding carboxylic acids is 1. The Kier molecular flexibility index (Phi) is 3.31. The maximum Gasteiger partial charge on any atom is 0.360 e. The quantitative estimate of drug-likeness (QED) is 0.556. The van der Waals surface area contributed by atoms with Gasteiger partial charge >= 0.3 is 5.97 Å². The molecule has 0 unspecified atom stereocenters. The standard InChI is InChI=1S/C8H10ClNO3/c1-3-12-8(11)7-5(2)13-6(4-9)10-7/h3-4H2,1-2H3. The van der Waals surface area contributed by atoms with Gasteiger partial charge in [0.05, 0.1) is 12.5 Å². The Hall–Kier alpha value is -1.03. The molecule has 1 rings (SSSR count). The minimum absolute atomic E-state index is 0.153. The minimum atomic E-state index is -0.472. The van der Waals surface area contributed by atoms with Crippen LogP contribution in [0.3, 0.4) is 0 Å². The molecule has 0 bridgehead atoms. The second kappa shape index (κ2) is 4.28. The number of alkyl halides is 1. The highest BCUT2D eigenvalue weighted by molar-refractivity contribution is 6.16. The zero-order chi connectivity index (χ0) is 9.84. The van der Waals surface area contributed by atoms with Gasteiger partial charge in [0.1, 0.15) is 5.76 Å². The van der Waals surface area contributed by atoms with Crippen molar-refractivity contribution in [2.24, 2.45) is 0 Å². The maximum absolute atomic E-state index is 11.2. The molecule has 1 aromatic heterocycles. The first-order valence-corrected chi connectivity index (χ1v) is 4.41. The van der Waals surface area contributed by atoms with Crippen LogP contribution in [0.4, 0.5) is 0 Å². The van der Waals surface area contributed by atoms with E-state index in [1.807, 2.05) is 0 Å². The number of carbonyl (C=O) groups is 1. The van der Waals surface area contributed by atoms with Crippen molar-refractivity contribution in [2.75, 3.05) is 6.61 Å². The number of ether oxygens (including phenoxy) is 1. The van der Waals surface area contributed by atoms with Crippen molar-refractivity contribution in [3.05, 3.63) is 17.3 Å². The number of aromatic nitrogens is 1.